The van der Waals surface area contributed by atoms with E-state index in [1.54, 1.807) is 33.8 Å². The number of ether oxygens (including phenoxy) is 2. The van der Waals surface area contributed by atoms with Gasteiger partial charge in [0, 0.05) is 15.6 Å². The number of alkyl carbamates (subject to hydrolysis) is 1. The summed E-state index contributed by atoms with van der Waals surface area (Å²) in [7, 11) is 0. The monoisotopic (exact) mass is 377 g/mol. The Bertz CT molecular complexity index is 580. The first-order chi connectivity index (χ1) is 11.1. The van der Waals surface area contributed by atoms with Crippen molar-refractivity contribution in [1.82, 2.24) is 5.32 Å². The molecular formula is C16H21Cl2NO5. The van der Waals surface area contributed by atoms with Crippen LogP contribution < -0.4 is 5.32 Å². The number of hydrogen-bond acceptors (Lipinski definition) is 5. The number of halogens is 2. The van der Waals surface area contributed by atoms with Crippen molar-refractivity contribution in [2.45, 2.75) is 45.4 Å². The first kappa shape index (κ1) is 20.5. The van der Waals surface area contributed by atoms with Crippen LogP contribution in [-0.2, 0) is 14.3 Å². The van der Waals surface area contributed by atoms with Gasteiger partial charge >= 0.3 is 12.1 Å². The van der Waals surface area contributed by atoms with Crippen molar-refractivity contribution in [2.24, 2.45) is 0 Å². The lowest BCUT2D eigenvalue weighted by Gasteiger charge is -2.26. The van der Waals surface area contributed by atoms with Gasteiger partial charge < -0.3 is 19.9 Å². The molecule has 0 unspecified atom stereocenters. The van der Waals surface area contributed by atoms with Crippen LogP contribution in [-0.4, -0.2) is 35.4 Å². The highest BCUT2D eigenvalue weighted by molar-refractivity contribution is 6.36. The Morgan fingerprint density at radius 2 is 1.79 bits per heavy atom. The largest absolute Gasteiger partial charge is 0.464 e. The van der Waals surface area contributed by atoms with Gasteiger partial charge in [0.2, 0.25) is 0 Å². The van der Waals surface area contributed by atoms with Crippen LogP contribution in [0.25, 0.3) is 0 Å². The fraction of sp³-hybridized carbons (Fsp3) is 0.500. The molecule has 0 aliphatic rings. The molecular weight excluding hydrogens is 357 g/mol. The van der Waals surface area contributed by atoms with Crippen LogP contribution in [0.3, 0.4) is 0 Å². The van der Waals surface area contributed by atoms with E-state index in [9.17, 15) is 14.7 Å². The van der Waals surface area contributed by atoms with Crippen LogP contribution in [0.4, 0.5) is 4.79 Å². The van der Waals surface area contributed by atoms with Crippen molar-refractivity contribution in [1.29, 1.82) is 0 Å². The second-order valence-corrected chi connectivity index (χ2v) is 6.77. The number of carbonyl (C=O) groups is 2. The summed E-state index contributed by atoms with van der Waals surface area (Å²) in [4.78, 5) is 24.1. The van der Waals surface area contributed by atoms with Gasteiger partial charge in [0.05, 0.1) is 6.61 Å². The molecule has 1 aromatic rings. The molecule has 2 atom stereocenters. The highest BCUT2D eigenvalue weighted by Crippen LogP contribution is 2.32. The van der Waals surface area contributed by atoms with Crippen molar-refractivity contribution in [3.63, 3.8) is 0 Å². The molecule has 6 nitrogen and oxygen atoms in total. The Morgan fingerprint density at radius 3 is 2.25 bits per heavy atom. The smallest absolute Gasteiger partial charge is 0.408 e. The summed E-state index contributed by atoms with van der Waals surface area (Å²) in [6.45, 7) is 6.71. The van der Waals surface area contributed by atoms with E-state index in [2.05, 4.69) is 5.32 Å². The summed E-state index contributed by atoms with van der Waals surface area (Å²) in [6.07, 6.45) is -2.37. The van der Waals surface area contributed by atoms with Gasteiger partial charge in [-0.3, -0.25) is 0 Å². The van der Waals surface area contributed by atoms with E-state index in [0.29, 0.717) is 0 Å². The minimum Gasteiger partial charge on any atom is -0.464 e. The van der Waals surface area contributed by atoms with Crippen LogP contribution in [0, 0.1) is 0 Å². The first-order valence-corrected chi connectivity index (χ1v) is 8.10. The lowest BCUT2D eigenvalue weighted by Crippen LogP contribution is -2.47. The maximum absolute atomic E-state index is 12.1. The predicted octanol–water partition coefficient (Wildman–Crippen LogP) is 3.48. The van der Waals surface area contributed by atoms with Gasteiger partial charge in [0.25, 0.3) is 0 Å². The summed E-state index contributed by atoms with van der Waals surface area (Å²) >= 11 is 12.1. The van der Waals surface area contributed by atoms with Gasteiger partial charge in [0.15, 0.2) is 6.04 Å². The van der Waals surface area contributed by atoms with Crippen LogP contribution in [0.1, 0.15) is 39.4 Å². The minimum atomic E-state index is -1.50. The molecule has 0 saturated heterocycles. The van der Waals surface area contributed by atoms with E-state index in [1.165, 1.54) is 12.1 Å². The topological polar surface area (TPSA) is 84.9 Å². The summed E-state index contributed by atoms with van der Waals surface area (Å²) in [5, 5.41) is 13.2. The molecule has 0 bridgehead atoms. The number of esters is 1. The quantitative estimate of drug-likeness (QED) is 0.767. The summed E-state index contributed by atoms with van der Waals surface area (Å²) in [5.41, 5.74) is -0.647. The fourth-order valence-electron chi connectivity index (χ4n) is 1.89. The lowest BCUT2D eigenvalue weighted by molar-refractivity contribution is -0.148. The Labute approximate surface area is 151 Å². The van der Waals surface area contributed by atoms with E-state index in [-0.39, 0.29) is 22.2 Å². The Hall–Kier alpha value is -1.50. The standard InChI is InChI=1S/C16H21Cl2NO5/c1-5-23-14(21)12(19-15(22)24-16(2,3)4)13(20)11-9(17)7-6-8-10(11)18/h6-8,12-13,20H,5H2,1-4H3,(H,19,22)/t12-,13+/m0/s1. The molecule has 1 rings (SSSR count). The molecule has 0 aliphatic heterocycles. The summed E-state index contributed by atoms with van der Waals surface area (Å²) in [5.74, 6) is -0.827. The third kappa shape index (κ3) is 5.85. The van der Waals surface area contributed by atoms with Gasteiger partial charge in [-0.1, -0.05) is 29.3 Å². The molecule has 0 radical (unpaired) electrons. The second-order valence-electron chi connectivity index (χ2n) is 5.96. The number of benzene rings is 1. The van der Waals surface area contributed by atoms with Gasteiger partial charge in [0.1, 0.15) is 11.7 Å². The molecule has 1 amide bonds. The molecule has 0 saturated carbocycles. The molecule has 0 heterocycles. The number of nitrogens with one attached hydrogen (secondary N) is 1. The third-order valence-electron chi connectivity index (χ3n) is 2.82. The Balaban J connectivity index is 3.09. The van der Waals surface area contributed by atoms with Crippen molar-refractivity contribution < 1.29 is 24.2 Å². The molecule has 134 valence electrons. The molecule has 24 heavy (non-hydrogen) atoms. The molecule has 0 spiro atoms. The van der Waals surface area contributed by atoms with Crippen molar-refractivity contribution in [3.8, 4) is 0 Å². The summed E-state index contributed by atoms with van der Waals surface area (Å²) in [6, 6.07) is 3.21. The van der Waals surface area contributed by atoms with Gasteiger partial charge in [-0.05, 0) is 39.8 Å². The van der Waals surface area contributed by atoms with Crippen molar-refractivity contribution in [2.75, 3.05) is 6.61 Å². The minimum absolute atomic E-state index is 0.0777. The van der Waals surface area contributed by atoms with Gasteiger partial charge in [-0.15, -0.1) is 0 Å². The van der Waals surface area contributed by atoms with Crippen LogP contribution in [0.15, 0.2) is 18.2 Å². The normalized spacial score (nSPS) is 13.8. The zero-order chi connectivity index (χ0) is 18.5. The SMILES string of the molecule is CCOC(=O)[C@@H](NC(=O)OC(C)(C)C)[C@H](O)c1c(Cl)cccc1Cl. The third-order valence-corrected chi connectivity index (χ3v) is 3.48. The number of aliphatic hydroxyl groups is 1. The molecule has 1 aromatic carbocycles. The summed E-state index contributed by atoms with van der Waals surface area (Å²) < 4.78 is 10.0. The number of carbonyl (C=O) groups excluding carboxylic acids is 2. The zero-order valence-corrected chi connectivity index (χ0v) is 15.4. The average molecular weight is 378 g/mol. The molecule has 8 heteroatoms. The highest BCUT2D eigenvalue weighted by Gasteiger charge is 2.34. The van der Waals surface area contributed by atoms with E-state index < -0.39 is 29.8 Å². The van der Waals surface area contributed by atoms with Crippen LogP contribution in [0.2, 0.25) is 10.0 Å². The number of aliphatic hydroxyl groups excluding tert-OH is 1. The van der Waals surface area contributed by atoms with Gasteiger partial charge in [-0.25, -0.2) is 9.59 Å². The fourth-order valence-corrected chi connectivity index (χ4v) is 2.51. The average Bonchev–Trinajstić information content (AvgIpc) is 2.42. The maximum atomic E-state index is 12.1. The Kier molecular flexibility index (Phi) is 7.32. The van der Waals surface area contributed by atoms with Gasteiger partial charge in [-0.2, -0.15) is 0 Å². The van der Waals surface area contributed by atoms with Crippen molar-refractivity contribution >= 4 is 35.3 Å². The molecule has 0 fully saturated rings. The number of amides is 1. The second kappa shape index (κ2) is 8.55. The first-order valence-electron chi connectivity index (χ1n) is 7.35. The van der Waals surface area contributed by atoms with Crippen LogP contribution >= 0.6 is 23.2 Å². The van der Waals surface area contributed by atoms with Crippen molar-refractivity contribution in [3.05, 3.63) is 33.8 Å². The maximum Gasteiger partial charge on any atom is 0.408 e. The van der Waals surface area contributed by atoms with Crippen LogP contribution in [0.5, 0.6) is 0 Å². The zero-order valence-electron chi connectivity index (χ0n) is 13.9. The van der Waals surface area contributed by atoms with E-state index in [0.717, 1.165) is 0 Å². The Morgan fingerprint density at radius 1 is 1.25 bits per heavy atom. The molecule has 0 aliphatic carbocycles. The van der Waals surface area contributed by atoms with E-state index in [1.807, 2.05) is 0 Å². The lowest BCUT2D eigenvalue weighted by atomic mass is 10.0. The molecule has 2 N–H and O–H groups in total. The molecule has 0 aromatic heterocycles. The number of rotatable bonds is 5. The van der Waals surface area contributed by atoms with E-state index in [4.69, 9.17) is 32.7 Å². The predicted molar refractivity (Wildman–Crippen MR) is 91.2 cm³/mol. The number of hydrogen-bond donors (Lipinski definition) is 2. The highest BCUT2D eigenvalue weighted by atomic mass is 35.5. The van der Waals surface area contributed by atoms with E-state index >= 15 is 0 Å².